The van der Waals surface area contributed by atoms with Gasteiger partial charge in [0.15, 0.2) is 0 Å². The van der Waals surface area contributed by atoms with Crippen molar-refractivity contribution in [1.82, 2.24) is 9.55 Å². The van der Waals surface area contributed by atoms with Crippen LogP contribution in [0.2, 0.25) is 0 Å². The minimum Gasteiger partial charge on any atom is -0.378 e. The molecule has 8 heteroatoms. The molecule has 1 saturated heterocycles. The number of rotatable bonds is 5. The molecule has 1 N–H and O–H groups in total. The molecule has 2 heterocycles. The fourth-order valence-corrected chi connectivity index (χ4v) is 2.71. The van der Waals surface area contributed by atoms with E-state index in [2.05, 4.69) is 10.3 Å². The lowest BCUT2D eigenvalue weighted by atomic mass is 10.2. The molecule has 3 rings (SSSR count). The number of hydrogen-bond acceptors (Lipinski definition) is 3. The number of nitrogens with zero attached hydrogens (tertiary/aromatic N) is 3. The lowest BCUT2D eigenvalue weighted by Crippen LogP contribution is -2.23. The van der Waals surface area contributed by atoms with Crippen molar-refractivity contribution in [2.75, 3.05) is 16.8 Å². The summed E-state index contributed by atoms with van der Waals surface area (Å²) in [6, 6.07) is 7.26. The molecule has 1 aliphatic heterocycles. The Morgan fingerprint density at radius 1 is 1.21 bits per heavy atom. The predicted octanol–water partition coefficient (Wildman–Crippen LogP) is 3.18. The van der Waals surface area contributed by atoms with Crippen LogP contribution in [0.1, 0.15) is 18.7 Å². The highest BCUT2D eigenvalue weighted by Gasteiger charge is 2.28. The first-order valence-electron chi connectivity index (χ1n) is 7.63. The summed E-state index contributed by atoms with van der Waals surface area (Å²) >= 11 is 0. The van der Waals surface area contributed by atoms with E-state index in [1.54, 1.807) is 17.0 Å². The Morgan fingerprint density at radius 2 is 1.96 bits per heavy atom. The Balaban J connectivity index is 1.61. The molecule has 1 aromatic carbocycles. The average molecular weight is 338 g/mol. The zero-order chi connectivity index (χ0) is 17.2. The van der Waals surface area contributed by atoms with Gasteiger partial charge in [-0.1, -0.05) is 0 Å². The van der Waals surface area contributed by atoms with E-state index in [0.29, 0.717) is 12.2 Å². The zero-order valence-corrected chi connectivity index (χ0v) is 12.9. The van der Waals surface area contributed by atoms with Gasteiger partial charge < -0.3 is 14.8 Å². The van der Waals surface area contributed by atoms with Gasteiger partial charge in [0.25, 0.3) is 0 Å². The van der Waals surface area contributed by atoms with Gasteiger partial charge in [-0.3, -0.25) is 4.79 Å². The van der Waals surface area contributed by atoms with Gasteiger partial charge in [-0.25, -0.2) is 4.98 Å². The summed E-state index contributed by atoms with van der Waals surface area (Å²) in [6.45, 7) is -0.147. The summed E-state index contributed by atoms with van der Waals surface area (Å²) in [5, 5.41) is 3.05. The second kappa shape index (κ2) is 6.54. The molecule has 0 saturated carbocycles. The van der Waals surface area contributed by atoms with Crippen LogP contribution in [0, 0.1) is 0 Å². The van der Waals surface area contributed by atoms with Crippen LogP contribution in [0.4, 0.5) is 24.5 Å². The number of nitrogens with one attached hydrogen (secondary N) is 1. The Labute approximate surface area is 137 Å². The van der Waals surface area contributed by atoms with E-state index in [9.17, 15) is 18.0 Å². The number of anilines is 2. The van der Waals surface area contributed by atoms with Crippen molar-refractivity contribution in [3.63, 3.8) is 0 Å². The maximum Gasteiger partial charge on any atom is 0.406 e. The minimum atomic E-state index is -4.28. The van der Waals surface area contributed by atoms with Crippen LogP contribution in [-0.4, -0.2) is 28.2 Å². The first kappa shape index (κ1) is 16.4. The SMILES string of the molecule is O=C1CCCN1c1ccc(NCc2nccn2CC(F)(F)F)cc1. The number of amides is 1. The standard InChI is InChI=1S/C16H17F3N4O/c17-16(18,19)11-22-9-7-20-14(22)10-21-12-3-5-13(6-4-12)23-8-1-2-15(23)24/h3-7,9,21H,1-2,8,10-11H2. The second-order valence-electron chi connectivity index (χ2n) is 5.64. The molecular formula is C16H17F3N4O. The predicted molar refractivity (Wildman–Crippen MR) is 83.6 cm³/mol. The highest BCUT2D eigenvalue weighted by molar-refractivity contribution is 5.95. The Morgan fingerprint density at radius 3 is 2.58 bits per heavy atom. The molecular weight excluding hydrogens is 321 g/mol. The largest absolute Gasteiger partial charge is 0.406 e. The summed E-state index contributed by atoms with van der Waals surface area (Å²) in [4.78, 5) is 17.4. The van der Waals surface area contributed by atoms with Gasteiger partial charge >= 0.3 is 6.18 Å². The first-order valence-corrected chi connectivity index (χ1v) is 7.63. The molecule has 128 valence electrons. The van der Waals surface area contributed by atoms with Crippen LogP contribution < -0.4 is 10.2 Å². The molecule has 0 radical (unpaired) electrons. The molecule has 1 fully saturated rings. The summed E-state index contributed by atoms with van der Waals surface area (Å²) in [6.07, 6.45) is -0.181. The Bertz CT molecular complexity index is 709. The molecule has 1 amide bonds. The molecule has 1 aromatic heterocycles. The number of imidazole rings is 1. The summed E-state index contributed by atoms with van der Waals surface area (Å²) < 4.78 is 38.5. The monoisotopic (exact) mass is 338 g/mol. The van der Waals surface area contributed by atoms with E-state index in [0.717, 1.165) is 28.9 Å². The maximum atomic E-state index is 12.5. The molecule has 0 bridgehead atoms. The van der Waals surface area contributed by atoms with Crippen molar-refractivity contribution in [1.29, 1.82) is 0 Å². The third-order valence-electron chi connectivity index (χ3n) is 3.85. The number of halogens is 3. The molecule has 0 aliphatic carbocycles. The Kier molecular flexibility index (Phi) is 4.46. The molecule has 0 spiro atoms. The van der Waals surface area contributed by atoms with Gasteiger partial charge in [0.2, 0.25) is 5.91 Å². The Hall–Kier alpha value is -2.51. The highest BCUT2D eigenvalue weighted by atomic mass is 19.4. The number of benzene rings is 1. The number of aromatic nitrogens is 2. The van der Waals surface area contributed by atoms with Crippen molar-refractivity contribution in [2.24, 2.45) is 0 Å². The van der Waals surface area contributed by atoms with Crippen molar-refractivity contribution < 1.29 is 18.0 Å². The minimum absolute atomic E-state index is 0.116. The summed E-state index contributed by atoms with van der Waals surface area (Å²) in [7, 11) is 0. The smallest absolute Gasteiger partial charge is 0.378 e. The summed E-state index contributed by atoms with van der Waals surface area (Å²) in [5.74, 6) is 0.427. The molecule has 2 aromatic rings. The van der Waals surface area contributed by atoms with Gasteiger partial charge in [-0.2, -0.15) is 13.2 Å². The lowest BCUT2D eigenvalue weighted by Gasteiger charge is -2.16. The third kappa shape index (κ3) is 3.87. The molecule has 24 heavy (non-hydrogen) atoms. The summed E-state index contributed by atoms with van der Waals surface area (Å²) in [5.41, 5.74) is 1.59. The molecule has 1 aliphatic rings. The van der Waals surface area contributed by atoms with Gasteiger partial charge in [-0.15, -0.1) is 0 Å². The quantitative estimate of drug-likeness (QED) is 0.911. The topological polar surface area (TPSA) is 50.2 Å². The fourth-order valence-electron chi connectivity index (χ4n) is 2.71. The van der Waals surface area contributed by atoms with Gasteiger partial charge in [0.1, 0.15) is 12.4 Å². The lowest BCUT2D eigenvalue weighted by molar-refractivity contribution is -0.141. The van der Waals surface area contributed by atoms with E-state index < -0.39 is 12.7 Å². The number of carbonyl (C=O) groups is 1. The number of carbonyl (C=O) groups excluding carboxylic acids is 1. The molecule has 5 nitrogen and oxygen atoms in total. The van der Waals surface area contributed by atoms with E-state index in [1.165, 1.54) is 12.4 Å². The number of hydrogen-bond donors (Lipinski definition) is 1. The van der Waals surface area contributed by atoms with Crippen molar-refractivity contribution in [3.05, 3.63) is 42.5 Å². The second-order valence-corrected chi connectivity index (χ2v) is 5.64. The molecule has 0 atom stereocenters. The van der Waals surface area contributed by atoms with Crippen LogP contribution in [0.3, 0.4) is 0 Å². The first-order chi connectivity index (χ1) is 11.4. The van der Waals surface area contributed by atoms with Gasteiger partial charge in [-0.05, 0) is 30.7 Å². The zero-order valence-electron chi connectivity index (χ0n) is 12.9. The normalized spacial score (nSPS) is 15.1. The highest BCUT2D eigenvalue weighted by Crippen LogP contribution is 2.23. The van der Waals surface area contributed by atoms with Crippen LogP contribution in [0.5, 0.6) is 0 Å². The maximum absolute atomic E-state index is 12.5. The average Bonchev–Trinajstić information content (AvgIpc) is 3.13. The van der Waals surface area contributed by atoms with E-state index in [-0.39, 0.29) is 12.5 Å². The van der Waals surface area contributed by atoms with Crippen LogP contribution in [0.15, 0.2) is 36.7 Å². The van der Waals surface area contributed by atoms with Crippen LogP contribution >= 0.6 is 0 Å². The van der Waals surface area contributed by atoms with E-state index in [1.807, 2.05) is 12.1 Å². The van der Waals surface area contributed by atoms with Crippen LogP contribution in [-0.2, 0) is 17.9 Å². The van der Waals surface area contributed by atoms with E-state index >= 15 is 0 Å². The third-order valence-corrected chi connectivity index (χ3v) is 3.85. The van der Waals surface area contributed by atoms with Gasteiger partial charge in [0, 0.05) is 36.7 Å². The number of alkyl halides is 3. The van der Waals surface area contributed by atoms with Crippen molar-refractivity contribution in [2.45, 2.75) is 32.1 Å². The fraction of sp³-hybridized carbons (Fsp3) is 0.375. The van der Waals surface area contributed by atoms with E-state index in [4.69, 9.17) is 0 Å². The molecule has 0 unspecified atom stereocenters. The van der Waals surface area contributed by atoms with Crippen molar-refractivity contribution >= 4 is 17.3 Å². The van der Waals surface area contributed by atoms with Crippen molar-refractivity contribution in [3.8, 4) is 0 Å². The van der Waals surface area contributed by atoms with Crippen LogP contribution in [0.25, 0.3) is 0 Å². The van der Waals surface area contributed by atoms with Gasteiger partial charge in [0.05, 0.1) is 6.54 Å².